The van der Waals surface area contributed by atoms with Crippen molar-refractivity contribution < 1.29 is 10.2 Å². The van der Waals surface area contributed by atoms with Crippen LogP contribution < -0.4 is 11.1 Å². The second kappa shape index (κ2) is 8.83. The minimum Gasteiger partial charge on any atom is -0.390 e. The number of nitrogens with zero attached hydrogens (tertiary/aromatic N) is 2. The molecule has 0 bridgehead atoms. The van der Waals surface area contributed by atoms with Gasteiger partial charge in [0.1, 0.15) is 15.6 Å². The van der Waals surface area contributed by atoms with E-state index in [4.69, 9.17) is 10.7 Å². The van der Waals surface area contributed by atoms with Crippen LogP contribution in [0.15, 0.2) is 60.8 Å². The van der Waals surface area contributed by atoms with Gasteiger partial charge in [0.2, 0.25) is 0 Å². The Labute approximate surface area is 218 Å². The Morgan fingerprint density at radius 1 is 0.972 bits per heavy atom. The summed E-state index contributed by atoms with van der Waals surface area (Å²) < 4.78 is 0. The molecule has 1 saturated carbocycles. The van der Waals surface area contributed by atoms with E-state index in [9.17, 15) is 10.2 Å². The summed E-state index contributed by atoms with van der Waals surface area (Å²) in [7, 11) is 0. The second-order valence-electron chi connectivity index (χ2n) is 10.5. The molecule has 2 aromatic heterocycles. The third-order valence-corrected chi connectivity index (χ3v) is 9.73. The fourth-order valence-corrected chi connectivity index (χ4v) is 7.70. The quantitative estimate of drug-likeness (QED) is 0.301. The Morgan fingerprint density at radius 3 is 2.39 bits per heavy atom. The molecule has 186 valence electrons. The van der Waals surface area contributed by atoms with Crippen LogP contribution in [-0.4, -0.2) is 38.9 Å². The van der Waals surface area contributed by atoms with Crippen LogP contribution >= 0.6 is 22.7 Å². The number of hydrogen-bond acceptors (Lipinski definition) is 8. The van der Waals surface area contributed by atoms with Crippen molar-refractivity contribution in [2.75, 3.05) is 13.1 Å². The zero-order valence-corrected chi connectivity index (χ0v) is 21.8. The van der Waals surface area contributed by atoms with Gasteiger partial charge in [0.05, 0.1) is 21.0 Å². The Balaban J connectivity index is 1.36. The van der Waals surface area contributed by atoms with E-state index in [1.165, 1.54) is 11.3 Å². The molecular weight excluding hydrogens is 488 g/mol. The molecule has 1 unspecified atom stereocenters. The van der Waals surface area contributed by atoms with Gasteiger partial charge in [-0.1, -0.05) is 54.6 Å². The standard InChI is InChI=1S/C28H30N4O2S2/c1-26(33)15-27(29,16-26)20-10-8-18(9-11-20)22-23(19-6-3-2-4-7-19)36-24(32-22)21-14-31-25(35-21)28(34)12-5-13-30-17-28/h2-4,6-11,14,30,33-34H,5,12-13,15-17,29H2,1H3. The molecule has 0 radical (unpaired) electrons. The van der Waals surface area contributed by atoms with E-state index in [0.717, 1.165) is 61.5 Å². The largest absolute Gasteiger partial charge is 0.390 e. The van der Waals surface area contributed by atoms with Crippen LogP contribution in [-0.2, 0) is 11.1 Å². The predicted molar refractivity (Wildman–Crippen MR) is 146 cm³/mol. The molecule has 1 aliphatic carbocycles. The first-order valence-corrected chi connectivity index (χ1v) is 14.0. The number of aromatic nitrogens is 2. The zero-order valence-electron chi connectivity index (χ0n) is 20.2. The molecule has 4 aromatic rings. The van der Waals surface area contributed by atoms with Crippen LogP contribution in [0, 0.1) is 0 Å². The number of benzene rings is 2. The molecule has 3 heterocycles. The maximum Gasteiger partial charge on any atom is 0.136 e. The van der Waals surface area contributed by atoms with Crippen LogP contribution in [0.5, 0.6) is 0 Å². The van der Waals surface area contributed by atoms with Gasteiger partial charge in [-0.3, -0.25) is 0 Å². The van der Waals surface area contributed by atoms with Crippen molar-refractivity contribution in [1.82, 2.24) is 15.3 Å². The molecule has 1 saturated heterocycles. The molecule has 1 aliphatic heterocycles. The van der Waals surface area contributed by atoms with Gasteiger partial charge >= 0.3 is 0 Å². The van der Waals surface area contributed by atoms with Crippen molar-refractivity contribution in [3.05, 3.63) is 71.4 Å². The van der Waals surface area contributed by atoms with Crippen molar-refractivity contribution in [2.45, 2.75) is 49.3 Å². The summed E-state index contributed by atoms with van der Waals surface area (Å²) in [4.78, 5) is 11.7. The molecule has 6 rings (SSSR count). The lowest BCUT2D eigenvalue weighted by molar-refractivity contribution is -0.0738. The second-order valence-corrected chi connectivity index (χ2v) is 12.5. The van der Waals surface area contributed by atoms with Crippen LogP contribution in [0.3, 0.4) is 0 Å². The molecule has 5 N–H and O–H groups in total. The normalized spacial score (nSPS) is 28.1. The van der Waals surface area contributed by atoms with E-state index in [1.54, 1.807) is 11.3 Å². The maximum absolute atomic E-state index is 11.1. The van der Waals surface area contributed by atoms with E-state index in [-0.39, 0.29) is 0 Å². The fraction of sp³-hybridized carbons (Fsp3) is 0.357. The SMILES string of the molecule is CC1(O)CC(N)(c2ccc(-c3nc(-c4cnc(C5(O)CCCNC5)s4)sc3-c3ccccc3)cc2)C1. The van der Waals surface area contributed by atoms with Crippen LogP contribution in [0.2, 0.25) is 0 Å². The summed E-state index contributed by atoms with van der Waals surface area (Å²) in [6, 6.07) is 18.6. The van der Waals surface area contributed by atoms with Crippen LogP contribution in [0.4, 0.5) is 0 Å². The molecule has 2 aliphatic rings. The molecule has 8 heteroatoms. The Bertz CT molecular complexity index is 1360. The van der Waals surface area contributed by atoms with Gasteiger partial charge in [0.15, 0.2) is 0 Å². The number of hydrogen-bond donors (Lipinski definition) is 4. The minimum atomic E-state index is -0.913. The Kier molecular flexibility index (Phi) is 5.87. The number of aliphatic hydroxyl groups is 2. The van der Waals surface area contributed by atoms with Crippen molar-refractivity contribution >= 4 is 22.7 Å². The monoisotopic (exact) mass is 518 g/mol. The fourth-order valence-electron chi connectivity index (χ4n) is 5.54. The molecule has 1 atom stereocenters. The first-order valence-electron chi connectivity index (χ1n) is 12.3. The summed E-state index contributed by atoms with van der Waals surface area (Å²) in [6.45, 7) is 3.30. The number of thiazole rings is 2. The van der Waals surface area contributed by atoms with E-state index >= 15 is 0 Å². The van der Waals surface area contributed by atoms with Crippen molar-refractivity contribution in [3.63, 3.8) is 0 Å². The van der Waals surface area contributed by atoms with Crippen molar-refractivity contribution in [2.24, 2.45) is 5.73 Å². The maximum atomic E-state index is 11.1. The minimum absolute atomic E-state index is 0.481. The summed E-state index contributed by atoms with van der Waals surface area (Å²) in [5.74, 6) is 0. The van der Waals surface area contributed by atoms with E-state index in [1.807, 2.05) is 31.3 Å². The van der Waals surface area contributed by atoms with Crippen molar-refractivity contribution in [1.29, 1.82) is 0 Å². The summed E-state index contributed by atoms with van der Waals surface area (Å²) in [5, 5.41) is 26.2. The third-order valence-electron chi connectivity index (χ3n) is 7.26. The van der Waals surface area contributed by atoms with Gasteiger partial charge < -0.3 is 21.3 Å². The smallest absolute Gasteiger partial charge is 0.136 e. The van der Waals surface area contributed by atoms with Gasteiger partial charge in [-0.2, -0.15) is 0 Å². The van der Waals surface area contributed by atoms with Gasteiger partial charge in [-0.25, -0.2) is 9.97 Å². The zero-order chi connectivity index (χ0) is 25.0. The van der Waals surface area contributed by atoms with Gasteiger partial charge in [-0.15, -0.1) is 22.7 Å². The average Bonchev–Trinajstić information content (AvgIpc) is 3.52. The van der Waals surface area contributed by atoms with E-state index < -0.39 is 16.7 Å². The number of rotatable bonds is 5. The third kappa shape index (κ3) is 4.32. The lowest BCUT2D eigenvalue weighted by atomic mass is 9.63. The average molecular weight is 519 g/mol. The van der Waals surface area contributed by atoms with Crippen LogP contribution in [0.1, 0.15) is 43.2 Å². The van der Waals surface area contributed by atoms with Crippen molar-refractivity contribution in [3.8, 4) is 31.6 Å². The molecular formula is C28H30N4O2S2. The highest BCUT2D eigenvalue weighted by molar-refractivity contribution is 7.23. The lowest BCUT2D eigenvalue weighted by Gasteiger charge is -2.49. The molecule has 36 heavy (non-hydrogen) atoms. The summed E-state index contributed by atoms with van der Waals surface area (Å²) in [6.07, 6.45) is 4.61. The molecule has 0 amide bonds. The predicted octanol–water partition coefficient (Wildman–Crippen LogP) is 4.87. The number of β-amino-alcohol motifs (C(OH)–C–C–N with tert-alkyl or cyclic N) is 1. The first-order chi connectivity index (χ1) is 17.2. The van der Waals surface area contributed by atoms with Gasteiger partial charge in [0.25, 0.3) is 0 Å². The highest BCUT2D eigenvalue weighted by atomic mass is 32.1. The molecule has 2 fully saturated rings. The highest BCUT2D eigenvalue weighted by Crippen LogP contribution is 2.47. The molecule has 0 spiro atoms. The number of nitrogens with two attached hydrogens (primary N) is 1. The highest BCUT2D eigenvalue weighted by Gasteiger charge is 2.49. The lowest BCUT2D eigenvalue weighted by Crippen LogP contribution is -2.58. The van der Waals surface area contributed by atoms with Gasteiger partial charge in [0, 0.05) is 23.8 Å². The molecule has 2 aromatic carbocycles. The van der Waals surface area contributed by atoms with E-state index in [2.05, 4.69) is 46.7 Å². The van der Waals surface area contributed by atoms with E-state index in [0.29, 0.717) is 19.4 Å². The van der Waals surface area contributed by atoms with Gasteiger partial charge in [-0.05, 0) is 50.3 Å². The summed E-state index contributed by atoms with van der Waals surface area (Å²) >= 11 is 3.18. The Morgan fingerprint density at radius 2 is 1.72 bits per heavy atom. The topological polar surface area (TPSA) is 104 Å². The number of piperidine rings is 1. The van der Waals surface area contributed by atoms with Crippen LogP contribution in [0.25, 0.3) is 31.6 Å². The summed E-state index contributed by atoms with van der Waals surface area (Å²) in [5.41, 5.74) is 8.58. The molecule has 6 nitrogen and oxygen atoms in total. The number of nitrogens with one attached hydrogen (secondary N) is 1. The first kappa shape index (κ1) is 23.9. The Hall–Kier alpha value is -2.46.